The minimum atomic E-state index is -4.42. The molecule has 33 heavy (non-hydrogen) atoms. The first-order valence-corrected chi connectivity index (χ1v) is 11.1. The summed E-state index contributed by atoms with van der Waals surface area (Å²) in [7, 11) is 0. The van der Waals surface area contributed by atoms with Crippen molar-refractivity contribution in [1.82, 2.24) is 20.5 Å². The van der Waals surface area contributed by atoms with Crippen LogP contribution in [-0.4, -0.2) is 41.3 Å². The second-order valence-corrected chi connectivity index (χ2v) is 8.28. The highest BCUT2D eigenvalue weighted by Gasteiger charge is 2.30. The number of halogens is 3. The number of alkyl halides is 3. The van der Waals surface area contributed by atoms with E-state index in [1.54, 1.807) is 18.5 Å². The Morgan fingerprint density at radius 2 is 1.97 bits per heavy atom. The number of nitrogens with one attached hydrogen (secondary N) is 2. The highest BCUT2D eigenvalue weighted by atomic mass is 19.4. The largest absolute Gasteiger partial charge is 0.416 e. The number of hydrogen-bond acceptors (Lipinski definition) is 4. The highest BCUT2D eigenvalue weighted by molar-refractivity contribution is 5.79. The number of nitrogens with zero attached hydrogens (tertiary/aromatic N) is 2. The number of amides is 2. The van der Waals surface area contributed by atoms with Crippen molar-refractivity contribution in [1.29, 1.82) is 0 Å². The van der Waals surface area contributed by atoms with Gasteiger partial charge >= 0.3 is 6.18 Å². The molecule has 1 aliphatic heterocycles. The molecular weight excluding hydrogens is 433 g/mol. The molecule has 2 N–H and O–H groups in total. The van der Waals surface area contributed by atoms with Crippen LogP contribution in [0.5, 0.6) is 0 Å². The lowest BCUT2D eigenvalue weighted by Crippen LogP contribution is -2.33. The number of carbonyl (C=O) groups is 2. The van der Waals surface area contributed by atoms with E-state index in [0.29, 0.717) is 44.5 Å². The molecule has 1 aliphatic rings. The first kappa shape index (κ1) is 24.7. The zero-order valence-corrected chi connectivity index (χ0v) is 18.4. The fourth-order valence-electron chi connectivity index (χ4n) is 3.91. The van der Waals surface area contributed by atoms with E-state index in [4.69, 9.17) is 0 Å². The quantitative estimate of drug-likeness (QED) is 0.713. The number of hydrogen-bond donors (Lipinski definition) is 2. The average Bonchev–Trinajstić information content (AvgIpc) is 2.83. The second kappa shape index (κ2) is 11.8. The molecule has 0 aliphatic carbocycles. The van der Waals surface area contributed by atoms with E-state index in [0.717, 1.165) is 30.7 Å². The lowest BCUT2D eigenvalue weighted by atomic mass is 9.97. The molecular formula is C24H29F3N4O2. The van der Waals surface area contributed by atoms with Gasteiger partial charge in [0.2, 0.25) is 11.8 Å². The summed E-state index contributed by atoms with van der Waals surface area (Å²) in [6.07, 6.45) is 1.37. The van der Waals surface area contributed by atoms with Crippen molar-refractivity contribution in [3.05, 3.63) is 65.5 Å². The summed E-state index contributed by atoms with van der Waals surface area (Å²) in [5, 5.41) is 5.63. The highest BCUT2D eigenvalue weighted by Crippen LogP contribution is 2.29. The van der Waals surface area contributed by atoms with Crippen LogP contribution in [0.2, 0.25) is 0 Å². The predicted octanol–water partition coefficient (Wildman–Crippen LogP) is 3.53. The minimum absolute atomic E-state index is 0.0265. The van der Waals surface area contributed by atoms with Crippen LogP contribution in [0.15, 0.2) is 48.8 Å². The Balaban J connectivity index is 1.58. The van der Waals surface area contributed by atoms with E-state index in [1.165, 1.54) is 6.07 Å². The predicted molar refractivity (Wildman–Crippen MR) is 118 cm³/mol. The summed E-state index contributed by atoms with van der Waals surface area (Å²) in [5.74, 6) is -0.592. The topological polar surface area (TPSA) is 74.3 Å². The van der Waals surface area contributed by atoms with Gasteiger partial charge in [-0.05, 0) is 55.1 Å². The lowest BCUT2D eigenvalue weighted by molar-refractivity contribution is -0.137. The maximum absolute atomic E-state index is 12.9. The Labute approximate surface area is 191 Å². The molecule has 1 saturated heterocycles. The van der Waals surface area contributed by atoms with E-state index in [-0.39, 0.29) is 24.3 Å². The molecule has 2 amide bonds. The van der Waals surface area contributed by atoms with Crippen LogP contribution in [0.1, 0.15) is 42.4 Å². The molecule has 0 saturated carbocycles. The molecule has 0 spiro atoms. The van der Waals surface area contributed by atoms with Crippen molar-refractivity contribution in [2.45, 2.75) is 44.9 Å². The molecule has 1 fully saturated rings. The van der Waals surface area contributed by atoms with Gasteiger partial charge in [0.05, 0.1) is 5.56 Å². The van der Waals surface area contributed by atoms with Crippen molar-refractivity contribution >= 4 is 11.8 Å². The van der Waals surface area contributed by atoms with E-state index in [9.17, 15) is 22.8 Å². The van der Waals surface area contributed by atoms with Crippen molar-refractivity contribution < 1.29 is 22.8 Å². The molecule has 3 rings (SSSR count). The molecule has 2 aromatic rings. The molecule has 1 unspecified atom stereocenters. The standard InChI is InChI=1S/C24H29F3N4O2/c25-24(26,27)21-7-1-4-18(14-21)16-30-23(33)20-6-3-12-31(13-9-22(32)29-11-8-20)17-19-5-2-10-28-15-19/h1-2,4-5,7,10,14-15,20H,3,6,8-9,11-13,16-17H2,(H,29,32)(H,30,33). The van der Waals surface area contributed by atoms with Gasteiger partial charge in [0.15, 0.2) is 0 Å². The van der Waals surface area contributed by atoms with Gasteiger partial charge in [-0.15, -0.1) is 0 Å². The van der Waals surface area contributed by atoms with Crippen LogP contribution in [0.3, 0.4) is 0 Å². The van der Waals surface area contributed by atoms with Gasteiger partial charge in [-0.25, -0.2) is 0 Å². The summed E-state index contributed by atoms with van der Waals surface area (Å²) in [4.78, 5) is 31.3. The summed E-state index contributed by atoms with van der Waals surface area (Å²) in [6.45, 7) is 2.45. The van der Waals surface area contributed by atoms with Crippen molar-refractivity contribution in [2.24, 2.45) is 5.92 Å². The van der Waals surface area contributed by atoms with Crippen LogP contribution in [0, 0.1) is 5.92 Å². The molecule has 2 heterocycles. The minimum Gasteiger partial charge on any atom is -0.356 e. The number of carbonyl (C=O) groups excluding carboxylic acids is 2. The Kier molecular flexibility index (Phi) is 8.82. The summed E-state index contributed by atoms with van der Waals surface area (Å²) < 4.78 is 38.8. The van der Waals surface area contributed by atoms with Crippen LogP contribution >= 0.6 is 0 Å². The third-order valence-corrected chi connectivity index (χ3v) is 5.72. The zero-order chi connectivity index (χ0) is 23.7. The van der Waals surface area contributed by atoms with Crippen molar-refractivity contribution in [3.63, 3.8) is 0 Å². The molecule has 1 aromatic carbocycles. The van der Waals surface area contributed by atoms with E-state index < -0.39 is 11.7 Å². The Bertz CT molecular complexity index is 921. The van der Waals surface area contributed by atoms with Gasteiger partial charge in [0, 0.05) is 50.9 Å². The summed E-state index contributed by atoms with van der Waals surface area (Å²) in [6, 6.07) is 8.82. The van der Waals surface area contributed by atoms with Gasteiger partial charge in [-0.1, -0.05) is 18.2 Å². The zero-order valence-electron chi connectivity index (χ0n) is 18.4. The smallest absolute Gasteiger partial charge is 0.356 e. The molecule has 0 radical (unpaired) electrons. The molecule has 1 atom stereocenters. The van der Waals surface area contributed by atoms with Crippen LogP contribution < -0.4 is 10.6 Å². The van der Waals surface area contributed by atoms with Crippen molar-refractivity contribution in [2.75, 3.05) is 19.6 Å². The molecule has 178 valence electrons. The van der Waals surface area contributed by atoms with E-state index in [1.807, 2.05) is 12.1 Å². The molecule has 6 nitrogen and oxygen atoms in total. The average molecular weight is 463 g/mol. The summed E-state index contributed by atoms with van der Waals surface area (Å²) >= 11 is 0. The van der Waals surface area contributed by atoms with Gasteiger partial charge in [0.1, 0.15) is 0 Å². The first-order valence-electron chi connectivity index (χ1n) is 11.1. The maximum atomic E-state index is 12.9. The fraction of sp³-hybridized carbons (Fsp3) is 0.458. The number of pyridine rings is 1. The third-order valence-electron chi connectivity index (χ3n) is 5.72. The summed E-state index contributed by atoms with van der Waals surface area (Å²) in [5.41, 5.74) is 0.717. The Morgan fingerprint density at radius 1 is 1.15 bits per heavy atom. The van der Waals surface area contributed by atoms with Gasteiger partial charge in [-0.2, -0.15) is 13.2 Å². The lowest BCUT2D eigenvalue weighted by Gasteiger charge is -2.22. The normalized spacial score (nSPS) is 18.8. The number of rotatable bonds is 5. The Morgan fingerprint density at radius 3 is 2.73 bits per heavy atom. The third kappa shape index (κ3) is 8.16. The first-order chi connectivity index (χ1) is 15.8. The second-order valence-electron chi connectivity index (χ2n) is 8.28. The van der Waals surface area contributed by atoms with Crippen LogP contribution in [-0.2, 0) is 28.9 Å². The number of benzene rings is 1. The molecule has 1 aromatic heterocycles. The van der Waals surface area contributed by atoms with Crippen LogP contribution in [0.4, 0.5) is 13.2 Å². The maximum Gasteiger partial charge on any atom is 0.416 e. The van der Waals surface area contributed by atoms with E-state index >= 15 is 0 Å². The van der Waals surface area contributed by atoms with Crippen molar-refractivity contribution in [3.8, 4) is 0 Å². The van der Waals surface area contributed by atoms with Gasteiger partial charge in [-0.3, -0.25) is 19.5 Å². The van der Waals surface area contributed by atoms with Gasteiger partial charge in [0.25, 0.3) is 0 Å². The number of aromatic nitrogens is 1. The SMILES string of the molecule is O=C1CCN(Cc2cccnc2)CCCC(C(=O)NCc2cccc(C(F)(F)F)c2)CCN1. The monoisotopic (exact) mass is 462 g/mol. The molecule has 0 bridgehead atoms. The molecule has 9 heteroatoms. The Hall–Kier alpha value is -2.94. The van der Waals surface area contributed by atoms with E-state index in [2.05, 4.69) is 20.5 Å². The van der Waals surface area contributed by atoms with Crippen LogP contribution in [0.25, 0.3) is 0 Å². The van der Waals surface area contributed by atoms with Gasteiger partial charge < -0.3 is 10.6 Å². The fourth-order valence-corrected chi connectivity index (χ4v) is 3.91.